The number of rotatable bonds is 4. The van der Waals surface area contributed by atoms with Gasteiger partial charge in [-0.15, -0.1) is 11.6 Å². The lowest BCUT2D eigenvalue weighted by Crippen LogP contribution is -2.39. The number of nitrogens with zero attached hydrogens (tertiary/aromatic N) is 2. The molecule has 2 heterocycles. The van der Waals surface area contributed by atoms with Crippen molar-refractivity contribution in [2.75, 3.05) is 11.4 Å². The van der Waals surface area contributed by atoms with Gasteiger partial charge in [-0.2, -0.15) is 0 Å². The first-order valence-corrected chi connectivity index (χ1v) is 7.64. The summed E-state index contributed by atoms with van der Waals surface area (Å²) in [6.45, 7) is 5.56. The molecule has 1 fully saturated rings. The van der Waals surface area contributed by atoms with E-state index in [1.54, 1.807) is 0 Å². The monoisotopic (exact) mass is 266 g/mol. The molecule has 0 aliphatic carbocycles. The van der Waals surface area contributed by atoms with Crippen molar-refractivity contribution in [3.8, 4) is 0 Å². The molecule has 0 spiro atoms. The van der Waals surface area contributed by atoms with Crippen molar-refractivity contribution in [1.29, 1.82) is 0 Å². The highest BCUT2D eigenvalue weighted by molar-refractivity contribution is 6.17. The van der Waals surface area contributed by atoms with E-state index < -0.39 is 0 Å². The second kappa shape index (κ2) is 6.42. The maximum absolute atomic E-state index is 5.99. The molecule has 3 heteroatoms. The third-order valence-corrected chi connectivity index (χ3v) is 4.14. The van der Waals surface area contributed by atoms with Gasteiger partial charge in [-0.1, -0.05) is 13.8 Å². The molecule has 1 unspecified atom stereocenters. The van der Waals surface area contributed by atoms with E-state index in [2.05, 4.69) is 30.9 Å². The van der Waals surface area contributed by atoms with Gasteiger partial charge in [0.15, 0.2) is 0 Å². The first kappa shape index (κ1) is 13.7. The quantitative estimate of drug-likeness (QED) is 0.761. The van der Waals surface area contributed by atoms with Crippen LogP contribution >= 0.6 is 11.6 Å². The molecule has 2 rings (SSSR count). The van der Waals surface area contributed by atoms with E-state index in [4.69, 9.17) is 16.6 Å². The van der Waals surface area contributed by atoms with E-state index in [-0.39, 0.29) is 0 Å². The summed E-state index contributed by atoms with van der Waals surface area (Å²) in [6.07, 6.45) is 6.11. The average Bonchev–Trinajstić information content (AvgIpc) is 2.46. The predicted molar refractivity (Wildman–Crippen MR) is 78.4 cm³/mol. The molecule has 1 atom stereocenters. The Kier molecular flexibility index (Phi) is 4.87. The second-order valence-electron chi connectivity index (χ2n) is 5.06. The van der Waals surface area contributed by atoms with E-state index >= 15 is 0 Å². The largest absolute Gasteiger partial charge is 0.354 e. The van der Waals surface area contributed by atoms with Crippen molar-refractivity contribution >= 4 is 17.4 Å². The van der Waals surface area contributed by atoms with E-state index in [1.807, 2.05) is 0 Å². The second-order valence-corrected chi connectivity index (χ2v) is 5.33. The Labute approximate surface area is 115 Å². The van der Waals surface area contributed by atoms with Crippen molar-refractivity contribution in [2.45, 2.75) is 57.9 Å². The highest BCUT2D eigenvalue weighted by Gasteiger charge is 2.22. The summed E-state index contributed by atoms with van der Waals surface area (Å²) in [7, 11) is 0. The summed E-state index contributed by atoms with van der Waals surface area (Å²) in [6, 6.07) is 4.95. The van der Waals surface area contributed by atoms with Gasteiger partial charge in [0.2, 0.25) is 0 Å². The fourth-order valence-corrected chi connectivity index (χ4v) is 2.92. The highest BCUT2D eigenvalue weighted by Crippen LogP contribution is 2.26. The standard InChI is InChI=1S/C15H23ClN2/c1-3-13-9-12(11-16)10-15(17-13)18-8-6-5-7-14(18)4-2/h9-10,14H,3-8,11H2,1-2H3. The summed E-state index contributed by atoms with van der Waals surface area (Å²) < 4.78 is 0. The number of pyridine rings is 1. The van der Waals surface area contributed by atoms with Gasteiger partial charge in [-0.3, -0.25) is 0 Å². The number of piperidine rings is 1. The van der Waals surface area contributed by atoms with Gasteiger partial charge < -0.3 is 4.90 Å². The normalized spacial score (nSPS) is 20.2. The molecule has 0 amide bonds. The van der Waals surface area contributed by atoms with E-state index in [0.29, 0.717) is 11.9 Å². The summed E-state index contributed by atoms with van der Waals surface area (Å²) in [5.41, 5.74) is 2.35. The molecule has 1 aliphatic rings. The minimum atomic E-state index is 0.577. The summed E-state index contributed by atoms with van der Waals surface area (Å²) in [4.78, 5) is 7.27. The zero-order valence-corrected chi connectivity index (χ0v) is 12.2. The molecule has 0 bridgehead atoms. The Morgan fingerprint density at radius 3 is 2.83 bits per heavy atom. The first-order chi connectivity index (χ1) is 8.78. The molecule has 100 valence electrons. The zero-order valence-electron chi connectivity index (χ0n) is 11.5. The highest BCUT2D eigenvalue weighted by atomic mass is 35.5. The lowest BCUT2D eigenvalue weighted by molar-refractivity contribution is 0.446. The fraction of sp³-hybridized carbons (Fsp3) is 0.667. The smallest absolute Gasteiger partial charge is 0.129 e. The maximum Gasteiger partial charge on any atom is 0.129 e. The first-order valence-electron chi connectivity index (χ1n) is 7.11. The Morgan fingerprint density at radius 2 is 2.17 bits per heavy atom. The Bertz CT molecular complexity index is 370. The molecule has 0 saturated carbocycles. The van der Waals surface area contributed by atoms with E-state index in [9.17, 15) is 0 Å². The molecular formula is C15H23ClN2. The van der Waals surface area contributed by atoms with Crippen LogP contribution in [-0.2, 0) is 12.3 Å². The molecule has 0 aromatic carbocycles. The van der Waals surface area contributed by atoms with Crippen LogP contribution in [0.2, 0.25) is 0 Å². The molecule has 1 aromatic heterocycles. The predicted octanol–water partition coefficient (Wildman–Crippen LogP) is 4.15. The molecule has 2 nitrogen and oxygen atoms in total. The van der Waals surface area contributed by atoms with Gasteiger partial charge in [-0.05, 0) is 49.8 Å². The maximum atomic E-state index is 5.99. The van der Waals surface area contributed by atoms with Gasteiger partial charge in [0.25, 0.3) is 0 Å². The fourth-order valence-electron chi connectivity index (χ4n) is 2.77. The van der Waals surface area contributed by atoms with Crippen LogP contribution in [0.15, 0.2) is 12.1 Å². The van der Waals surface area contributed by atoms with Gasteiger partial charge >= 0.3 is 0 Å². The number of hydrogen-bond acceptors (Lipinski definition) is 2. The van der Waals surface area contributed by atoms with Crippen LogP contribution in [0.1, 0.15) is 50.8 Å². The van der Waals surface area contributed by atoms with Crippen LogP contribution in [0.25, 0.3) is 0 Å². The van der Waals surface area contributed by atoms with Crippen LogP contribution in [0.4, 0.5) is 5.82 Å². The van der Waals surface area contributed by atoms with Crippen LogP contribution in [0.3, 0.4) is 0 Å². The average molecular weight is 267 g/mol. The topological polar surface area (TPSA) is 16.1 Å². The molecule has 1 aliphatic heterocycles. The third kappa shape index (κ3) is 2.97. The zero-order chi connectivity index (χ0) is 13.0. The van der Waals surface area contributed by atoms with Crippen LogP contribution < -0.4 is 4.90 Å². The van der Waals surface area contributed by atoms with Crippen molar-refractivity contribution in [1.82, 2.24) is 4.98 Å². The van der Waals surface area contributed by atoms with Gasteiger partial charge in [0.1, 0.15) is 5.82 Å². The molecule has 1 saturated heterocycles. The number of aromatic nitrogens is 1. The van der Waals surface area contributed by atoms with Crippen molar-refractivity contribution in [3.05, 3.63) is 23.4 Å². The molecule has 1 aromatic rings. The lowest BCUT2D eigenvalue weighted by atomic mass is 10.00. The number of halogens is 1. The number of anilines is 1. The molecule has 0 N–H and O–H groups in total. The summed E-state index contributed by atoms with van der Waals surface area (Å²) in [5.74, 6) is 1.71. The van der Waals surface area contributed by atoms with Gasteiger partial charge in [0.05, 0.1) is 0 Å². The van der Waals surface area contributed by atoms with Crippen LogP contribution in [-0.4, -0.2) is 17.6 Å². The van der Waals surface area contributed by atoms with E-state index in [0.717, 1.165) is 24.5 Å². The number of aryl methyl sites for hydroxylation is 1. The molecular weight excluding hydrogens is 244 g/mol. The van der Waals surface area contributed by atoms with Crippen molar-refractivity contribution in [3.63, 3.8) is 0 Å². The lowest BCUT2D eigenvalue weighted by Gasteiger charge is -2.36. The van der Waals surface area contributed by atoms with Crippen LogP contribution in [0.5, 0.6) is 0 Å². The Morgan fingerprint density at radius 1 is 1.33 bits per heavy atom. The Hall–Kier alpha value is -0.760. The van der Waals surface area contributed by atoms with Crippen LogP contribution in [0, 0.1) is 0 Å². The van der Waals surface area contributed by atoms with Crippen molar-refractivity contribution in [2.24, 2.45) is 0 Å². The molecule has 18 heavy (non-hydrogen) atoms. The minimum absolute atomic E-state index is 0.577. The number of alkyl halides is 1. The summed E-state index contributed by atoms with van der Waals surface area (Å²) >= 11 is 5.99. The van der Waals surface area contributed by atoms with Crippen molar-refractivity contribution < 1.29 is 0 Å². The van der Waals surface area contributed by atoms with E-state index in [1.165, 1.54) is 31.2 Å². The molecule has 0 radical (unpaired) electrons. The van der Waals surface area contributed by atoms with Gasteiger partial charge in [-0.25, -0.2) is 4.98 Å². The minimum Gasteiger partial charge on any atom is -0.354 e. The number of hydrogen-bond donors (Lipinski definition) is 0. The third-order valence-electron chi connectivity index (χ3n) is 3.83. The van der Waals surface area contributed by atoms with Gasteiger partial charge in [0, 0.05) is 24.2 Å². The Balaban J connectivity index is 2.29. The SMILES string of the molecule is CCc1cc(CCl)cc(N2CCCCC2CC)n1. The summed E-state index contributed by atoms with van der Waals surface area (Å²) in [5, 5.41) is 0.